The topological polar surface area (TPSA) is 47.9 Å². The van der Waals surface area contributed by atoms with Crippen molar-refractivity contribution in [2.75, 3.05) is 33.0 Å². The molecule has 1 saturated heterocycles. The zero-order chi connectivity index (χ0) is 13.5. The van der Waals surface area contributed by atoms with Crippen LogP contribution in [0.25, 0.3) is 0 Å². The minimum atomic E-state index is -0.591. The first kappa shape index (κ1) is 14.3. The third-order valence-corrected chi connectivity index (χ3v) is 3.12. The standard InChI is InChI=1S/C15H22O4/c1-2-12-4-3-5-15(6-12)19-11-14(16)10-18-9-13-7-17-8-13/h3-6,13-14,16H,2,7-11H2,1H3. The normalized spacial score (nSPS) is 16.9. The predicted molar refractivity (Wildman–Crippen MR) is 72.4 cm³/mol. The number of aliphatic hydroxyl groups is 1. The van der Waals surface area contributed by atoms with Gasteiger partial charge in [-0.1, -0.05) is 19.1 Å². The van der Waals surface area contributed by atoms with Gasteiger partial charge < -0.3 is 19.3 Å². The summed E-state index contributed by atoms with van der Waals surface area (Å²) < 4.78 is 16.0. The van der Waals surface area contributed by atoms with Crippen molar-refractivity contribution in [3.8, 4) is 5.75 Å². The molecule has 106 valence electrons. The molecule has 4 heteroatoms. The van der Waals surface area contributed by atoms with E-state index in [1.807, 2.05) is 18.2 Å². The average Bonchev–Trinajstić information content (AvgIpc) is 2.39. The Morgan fingerprint density at radius 3 is 2.89 bits per heavy atom. The molecule has 1 aromatic rings. The summed E-state index contributed by atoms with van der Waals surface area (Å²) in [6.07, 6.45) is 0.387. The molecule has 0 bridgehead atoms. The molecule has 1 N–H and O–H groups in total. The summed E-state index contributed by atoms with van der Waals surface area (Å²) in [7, 11) is 0. The van der Waals surface area contributed by atoms with Gasteiger partial charge in [0.25, 0.3) is 0 Å². The van der Waals surface area contributed by atoms with Crippen molar-refractivity contribution >= 4 is 0 Å². The molecular weight excluding hydrogens is 244 g/mol. The van der Waals surface area contributed by atoms with E-state index >= 15 is 0 Å². The summed E-state index contributed by atoms with van der Waals surface area (Å²) in [6.45, 7) is 4.87. The van der Waals surface area contributed by atoms with Gasteiger partial charge in [0.15, 0.2) is 0 Å². The van der Waals surface area contributed by atoms with Crippen LogP contribution in [0.2, 0.25) is 0 Å². The van der Waals surface area contributed by atoms with Crippen LogP contribution < -0.4 is 4.74 Å². The van der Waals surface area contributed by atoms with E-state index in [4.69, 9.17) is 14.2 Å². The Labute approximate surface area is 114 Å². The molecule has 1 unspecified atom stereocenters. The van der Waals surface area contributed by atoms with Crippen molar-refractivity contribution in [2.45, 2.75) is 19.4 Å². The summed E-state index contributed by atoms with van der Waals surface area (Å²) in [5.74, 6) is 1.29. The van der Waals surface area contributed by atoms with Gasteiger partial charge in [-0.3, -0.25) is 0 Å². The summed E-state index contributed by atoms with van der Waals surface area (Å²) in [4.78, 5) is 0. The van der Waals surface area contributed by atoms with Crippen molar-refractivity contribution in [1.29, 1.82) is 0 Å². The molecule has 1 aromatic carbocycles. The Morgan fingerprint density at radius 2 is 2.21 bits per heavy atom. The fourth-order valence-electron chi connectivity index (χ4n) is 1.85. The Bertz CT molecular complexity index is 376. The average molecular weight is 266 g/mol. The van der Waals surface area contributed by atoms with E-state index in [1.165, 1.54) is 5.56 Å². The fraction of sp³-hybridized carbons (Fsp3) is 0.600. The number of aliphatic hydroxyl groups excluding tert-OH is 1. The van der Waals surface area contributed by atoms with Crippen molar-refractivity contribution in [3.63, 3.8) is 0 Å². The zero-order valence-electron chi connectivity index (χ0n) is 11.4. The number of rotatable bonds is 8. The Balaban J connectivity index is 1.62. The van der Waals surface area contributed by atoms with Crippen molar-refractivity contribution in [2.24, 2.45) is 5.92 Å². The summed E-state index contributed by atoms with van der Waals surface area (Å²) in [5.41, 5.74) is 1.23. The van der Waals surface area contributed by atoms with Gasteiger partial charge >= 0.3 is 0 Å². The van der Waals surface area contributed by atoms with Gasteiger partial charge in [-0.15, -0.1) is 0 Å². The Kier molecular flexibility index (Phi) is 5.63. The fourth-order valence-corrected chi connectivity index (χ4v) is 1.85. The van der Waals surface area contributed by atoms with Gasteiger partial charge in [0.2, 0.25) is 0 Å². The third-order valence-electron chi connectivity index (χ3n) is 3.12. The highest BCUT2D eigenvalue weighted by atomic mass is 16.5. The molecule has 0 aromatic heterocycles. The number of hydrogen-bond acceptors (Lipinski definition) is 4. The lowest BCUT2D eigenvalue weighted by molar-refractivity contribution is -0.0845. The molecule has 0 spiro atoms. The third kappa shape index (κ3) is 4.82. The molecular formula is C15H22O4. The maximum atomic E-state index is 9.76. The van der Waals surface area contributed by atoms with E-state index in [-0.39, 0.29) is 6.61 Å². The monoisotopic (exact) mass is 266 g/mol. The van der Waals surface area contributed by atoms with Gasteiger partial charge in [0, 0.05) is 5.92 Å². The van der Waals surface area contributed by atoms with E-state index in [0.717, 1.165) is 25.4 Å². The van der Waals surface area contributed by atoms with Gasteiger partial charge in [0.1, 0.15) is 18.5 Å². The van der Waals surface area contributed by atoms with Crippen molar-refractivity contribution in [3.05, 3.63) is 29.8 Å². The van der Waals surface area contributed by atoms with E-state index in [1.54, 1.807) is 0 Å². The summed E-state index contributed by atoms with van der Waals surface area (Å²) in [5, 5.41) is 9.76. The molecule has 0 radical (unpaired) electrons. The first-order valence-electron chi connectivity index (χ1n) is 6.83. The zero-order valence-corrected chi connectivity index (χ0v) is 11.4. The highest BCUT2D eigenvalue weighted by Crippen LogP contribution is 2.14. The largest absolute Gasteiger partial charge is 0.491 e. The maximum Gasteiger partial charge on any atom is 0.119 e. The molecule has 1 fully saturated rings. The molecule has 0 saturated carbocycles. The van der Waals surface area contributed by atoms with E-state index in [0.29, 0.717) is 19.1 Å². The summed E-state index contributed by atoms with van der Waals surface area (Å²) >= 11 is 0. The van der Waals surface area contributed by atoms with Crippen LogP contribution >= 0.6 is 0 Å². The Morgan fingerprint density at radius 1 is 1.37 bits per heavy atom. The van der Waals surface area contributed by atoms with Crippen LogP contribution in [0.4, 0.5) is 0 Å². The van der Waals surface area contributed by atoms with Crippen molar-refractivity contribution in [1.82, 2.24) is 0 Å². The maximum absolute atomic E-state index is 9.76. The lowest BCUT2D eigenvalue weighted by Crippen LogP contribution is -2.33. The van der Waals surface area contributed by atoms with Crippen LogP contribution in [0.1, 0.15) is 12.5 Å². The minimum Gasteiger partial charge on any atom is -0.491 e. The van der Waals surface area contributed by atoms with Gasteiger partial charge in [-0.2, -0.15) is 0 Å². The van der Waals surface area contributed by atoms with Crippen LogP contribution in [0, 0.1) is 5.92 Å². The SMILES string of the molecule is CCc1cccc(OCC(O)COCC2COC2)c1. The smallest absolute Gasteiger partial charge is 0.119 e. The number of benzene rings is 1. The number of hydrogen-bond donors (Lipinski definition) is 1. The highest BCUT2D eigenvalue weighted by Gasteiger charge is 2.18. The van der Waals surface area contributed by atoms with Crippen LogP contribution in [0.5, 0.6) is 5.75 Å². The molecule has 2 rings (SSSR count). The molecule has 19 heavy (non-hydrogen) atoms. The molecule has 1 heterocycles. The second kappa shape index (κ2) is 7.48. The molecule has 0 amide bonds. The van der Waals surface area contributed by atoms with E-state index in [9.17, 15) is 5.11 Å². The van der Waals surface area contributed by atoms with E-state index in [2.05, 4.69) is 13.0 Å². The lowest BCUT2D eigenvalue weighted by Gasteiger charge is -2.26. The van der Waals surface area contributed by atoms with E-state index < -0.39 is 6.10 Å². The molecule has 0 aliphatic carbocycles. The Hall–Kier alpha value is -1.10. The lowest BCUT2D eigenvalue weighted by atomic mass is 10.1. The minimum absolute atomic E-state index is 0.258. The number of aryl methyl sites for hydroxylation is 1. The quantitative estimate of drug-likeness (QED) is 0.777. The highest BCUT2D eigenvalue weighted by molar-refractivity contribution is 5.28. The first-order chi connectivity index (χ1) is 9.28. The summed E-state index contributed by atoms with van der Waals surface area (Å²) in [6, 6.07) is 7.93. The van der Waals surface area contributed by atoms with Gasteiger partial charge in [-0.25, -0.2) is 0 Å². The molecule has 1 aliphatic heterocycles. The molecule has 4 nitrogen and oxygen atoms in total. The second-order valence-electron chi connectivity index (χ2n) is 4.91. The van der Waals surface area contributed by atoms with Crippen molar-refractivity contribution < 1.29 is 19.3 Å². The first-order valence-corrected chi connectivity index (χ1v) is 6.83. The van der Waals surface area contributed by atoms with Crippen LogP contribution in [0.15, 0.2) is 24.3 Å². The number of ether oxygens (including phenoxy) is 3. The van der Waals surface area contributed by atoms with Gasteiger partial charge in [-0.05, 0) is 24.1 Å². The van der Waals surface area contributed by atoms with Crippen LogP contribution in [-0.4, -0.2) is 44.2 Å². The van der Waals surface area contributed by atoms with Gasteiger partial charge in [0.05, 0.1) is 26.4 Å². The van der Waals surface area contributed by atoms with Crippen LogP contribution in [-0.2, 0) is 15.9 Å². The predicted octanol–water partition coefficient (Wildman–Crippen LogP) is 1.65. The molecule has 1 atom stereocenters. The molecule has 1 aliphatic rings. The second-order valence-corrected chi connectivity index (χ2v) is 4.91. The van der Waals surface area contributed by atoms with Crippen LogP contribution in [0.3, 0.4) is 0 Å².